The fourth-order valence-electron chi connectivity index (χ4n) is 1.66. The fraction of sp³-hybridized carbons (Fsp3) is 0.333. The minimum absolute atomic E-state index is 0.110. The second-order valence-electron chi connectivity index (χ2n) is 3.61. The first kappa shape index (κ1) is 10.3. The highest BCUT2D eigenvalue weighted by Crippen LogP contribution is 2.26. The number of aromatic nitrogens is 2. The highest BCUT2D eigenvalue weighted by Gasteiger charge is 2.35. The van der Waals surface area contributed by atoms with Crippen molar-refractivity contribution in [2.45, 2.75) is 6.42 Å². The predicted molar refractivity (Wildman–Crippen MR) is 56.1 cm³/mol. The Morgan fingerprint density at radius 1 is 1.56 bits per heavy atom. The number of anilines is 2. The first-order valence-electron chi connectivity index (χ1n) is 4.74. The first-order valence-corrected chi connectivity index (χ1v) is 4.74. The summed E-state index contributed by atoms with van der Waals surface area (Å²) in [7, 11) is 0. The van der Waals surface area contributed by atoms with Crippen molar-refractivity contribution in [1.82, 2.24) is 9.97 Å². The van der Waals surface area contributed by atoms with Crippen LogP contribution in [0.15, 0.2) is 12.5 Å². The quantitative estimate of drug-likeness (QED) is 0.657. The van der Waals surface area contributed by atoms with Crippen LogP contribution >= 0.6 is 0 Å². The second-order valence-corrected chi connectivity index (χ2v) is 3.61. The molecule has 7 heteroatoms. The lowest BCUT2D eigenvalue weighted by Gasteiger charge is -2.16. The van der Waals surface area contributed by atoms with Gasteiger partial charge in [0, 0.05) is 13.0 Å². The Labute approximate surface area is 91.5 Å². The smallest absolute Gasteiger partial charge is 0.229 e. The molecule has 0 aliphatic carbocycles. The first-order chi connectivity index (χ1) is 7.59. The van der Waals surface area contributed by atoms with Crippen molar-refractivity contribution in [3.05, 3.63) is 12.5 Å². The minimum Gasteiger partial charge on any atom is -0.394 e. The Morgan fingerprint density at radius 2 is 2.31 bits per heavy atom. The van der Waals surface area contributed by atoms with Crippen LogP contribution in [-0.4, -0.2) is 28.3 Å². The summed E-state index contributed by atoms with van der Waals surface area (Å²) in [5.74, 6) is -0.816. The lowest BCUT2D eigenvalue weighted by Crippen LogP contribution is -2.29. The Bertz CT molecular complexity index is 447. The van der Waals surface area contributed by atoms with Crippen molar-refractivity contribution >= 4 is 23.3 Å². The molecule has 4 N–H and O–H groups in total. The molecule has 0 spiro atoms. The van der Waals surface area contributed by atoms with Crippen LogP contribution in [0, 0.1) is 5.92 Å². The van der Waals surface area contributed by atoms with Crippen LogP contribution in [0.5, 0.6) is 0 Å². The summed E-state index contributed by atoms with van der Waals surface area (Å²) in [6, 6.07) is 0. The molecule has 0 bridgehead atoms. The van der Waals surface area contributed by atoms with Gasteiger partial charge in [-0.25, -0.2) is 9.97 Å². The average molecular weight is 221 g/mol. The molecule has 2 heterocycles. The Morgan fingerprint density at radius 3 is 2.88 bits per heavy atom. The van der Waals surface area contributed by atoms with Gasteiger partial charge in [-0.2, -0.15) is 0 Å². The van der Waals surface area contributed by atoms with E-state index in [4.69, 9.17) is 11.5 Å². The van der Waals surface area contributed by atoms with Crippen LogP contribution in [0.25, 0.3) is 0 Å². The number of hydrogen-bond acceptors (Lipinski definition) is 5. The molecule has 2 rings (SSSR count). The molecule has 16 heavy (non-hydrogen) atoms. The molecule has 1 unspecified atom stereocenters. The maximum Gasteiger partial charge on any atom is 0.229 e. The monoisotopic (exact) mass is 221 g/mol. The Kier molecular flexibility index (Phi) is 2.43. The van der Waals surface area contributed by atoms with Gasteiger partial charge in [0.15, 0.2) is 5.82 Å². The van der Waals surface area contributed by atoms with Gasteiger partial charge in [-0.15, -0.1) is 0 Å². The van der Waals surface area contributed by atoms with Crippen molar-refractivity contribution in [2.75, 3.05) is 17.2 Å². The molecule has 1 saturated heterocycles. The van der Waals surface area contributed by atoms with Gasteiger partial charge in [0.2, 0.25) is 11.8 Å². The fourth-order valence-corrected chi connectivity index (χ4v) is 1.66. The third-order valence-electron chi connectivity index (χ3n) is 2.50. The lowest BCUT2D eigenvalue weighted by molar-refractivity contribution is -0.123. The summed E-state index contributed by atoms with van der Waals surface area (Å²) in [5, 5.41) is 0. The molecule has 2 amide bonds. The summed E-state index contributed by atoms with van der Waals surface area (Å²) in [6.07, 6.45) is 2.82. The van der Waals surface area contributed by atoms with Gasteiger partial charge in [-0.3, -0.25) is 14.5 Å². The maximum atomic E-state index is 11.6. The van der Waals surface area contributed by atoms with Gasteiger partial charge in [0.05, 0.1) is 17.8 Å². The maximum absolute atomic E-state index is 11.6. The van der Waals surface area contributed by atoms with Crippen LogP contribution in [0.1, 0.15) is 6.42 Å². The molecule has 1 aliphatic heterocycles. The summed E-state index contributed by atoms with van der Waals surface area (Å²) in [6.45, 7) is 0.232. The molecule has 0 aromatic carbocycles. The molecule has 7 nitrogen and oxygen atoms in total. The van der Waals surface area contributed by atoms with Crippen molar-refractivity contribution in [1.29, 1.82) is 0 Å². The van der Waals surface area contributed by atoms with Crippen molar-refractivity contribution in [3.63, 3.8) is 0 Å². The number of carbonyl (C=O) groups excluding carboxylic acids is 2. The van der Waals surface area contributed by atoms with E-state index in [0.717, 1.165) is 0 Å². The zero-order chi connectivity index (χ0) is 11.7. The summed E-state index contributed by atoms with van der Waals surface area (Å²) in [5.41, 5.74) is 11.1. The molecule has 1 aromatic heterocycles. The van der Waals surface area contributed by atoms with Gasteiger partial charge in [-0.1, -0.05) is 0 Å². The van der Waals surface area contributed by atoms with E-state index in [2.05, 4.69) is 9.97 Å². The highest BCUT2D eigenvalue weighted by molar-refractivity contribution is 6.00. The number of rotatable bonds is 2. The van der Waals surface area contributed by atoms with Crippen LogP contribution in [-0.2, 0) is 9.59 Å². The number of nitrogens with zero attached hydrogens (tertiary/aromatic N) is 3. The predicted octanol–water partition coefficient (Wildman–Crippen LogP) is -1.10. The van der Waals surface area contributed by atoms with E-state index < -0.39 is 11.8 Å². The molecule has 84 valence electrons. The van der Waals surface area contributed by atoms with Gasteiger partial charge in [0.25, 0.3) is 0 Å². The van der Waals surface area contributed by atoms with Gasteiger partial charge >= 0.3 is 0 Å². The second kappa shape index (κ2) is 3.76. The number of nitrogen functional groups attached to an aromatic ring is 1. The molecule has 1 atom stereocenters. The summed E-state index contributed by atoms with van der Waals surface area (Å²) in [4.78, 5) is 31.7. The van der Waals surface area contributed by atoms with E-state index in [0.29, 0.717) is 11.5 Å². The Hall–Kier alpha value is -2.18. The minimum atomic E-state index is -0.483. The van der Waals surface area contributed by atoms with Crippen LogP contribution in [0.2, 0.25) is 0 Å². The van der Waals surface area contributed by atoms with Gasteiger partial charge in [0.1, 0.15) is 6.33 Å². The normalized spacial score (nSPS) is 20.1. The zero-order valence-corrected chi connectivity index (χ0v) is 8.46. The largest absolute Gasteiger partial charge is 0.394 e. The topological polar surface area (TPSA) is 115 Å². The molecule has 0 saturated carbocycles. The number of hydrogen-bond donors (Lipinski definition) is 2. The third kappa shape index (κ3) is 1.67. The average Bonchev–Trinajstić information content (AvgIpc) is 2.61. The van der Waals surface area contributed by atoms with E-state index in [9.17, 15) is 9.59 Å². The molecule has 1 aromatic rings. The molecule has 1 fully saturated rings. The standard InChI is InChI=1S/C9H11N5O2/c10-6-2-12-4-13-9(6)14-3-5(8(11)16)1-7(14)15/h2,4-5H,1,3,10H2,(H2,11,16). The van der Waals surface area contributed by atoms with Crippen molar-refractivity contribution < 1.29 is 9.59 Å². The SMILES string of the molecule is NC(=O)C1CC(=O)N(c2ncncc2N)C1. The van der Waals surface area contributed by atoms with E-state index in [1.54, 1.807) is 0 Å². The molecular weight excluding hydrogens is 210 g/mol. The highest BCUT2D eigenvalue weighted by atomic mass is 16.2. The summed E-state index contributed by atoms with van der Waals surface area (Å²) >= 11 is 0. The van der Waals surface area contributed by atoms with Crippen LogP contribution in [0.4, 0.5) is 11.5 Å². The van der Waals surface area contributed by atoms with Gasteiger partial charge in [-0.05, 0) is 0 Å². The van der Waals surface area contributed by atoms with Crippen molar-refractivity contribution in [3.8, 4) is 0 Å². The molecule has 0 radical (unpaired) electrons. The van der Waals surface area contributed by atoms with Crippen LogP contribution in [0.3, 0.4) is 0 Å². The van der Waals surface area contributed by atoms with E-state index in [-0.39, 0.29) is 18.9 Å². The number of nitrogens with two attached hydrogens (primary N) is 2. The van der Waals surface area contributed by atoms with Crippen molar-refractivity contribution in [2.24, 2.45) is 11.7 Å². The lowest BCUT2D eigenvalue weighted by atomic mass is 10.1. The molecule has 1 aliphatic rings. The Balaban J connectivity index is 2.27. The van der Waals surface area contributed by atoms with E-state index >= 15 is 0 Å². The van der Waals surface area contributed by atoms with Crippen LogP contribution < -0.4 is 16.4 Å². The van der Waals surface area contributed by atoms with Gasteiger partial charge < -0.3 is 11.5 Å². The number of primary amides is 1. The number of amides is 2. The third-order valence-corrected chi connectivity index (χ3v) is 2.50. The summed E-state index contributed by atoms with van der Waals surface area (Å²) < 4.78 is 0. The van der Waals surface area contributed by atoms with E-state index in [1.165, 1.54) is 17.4 Å². The zero-order valence-electron chi connectivity index (χ0n) is 8.46. The van der Waals surface area contributed by atoms with E-state index in [1.807, 2.05) is 0 Å². The molecular formula is C9H11N5O2. The number of carbonyl (C=O) groups is 2.